The normalized spacial score (nSPS) is 19.1. The van der Waals surface area contributed by atoms with Crippen molar-refractivity contribution in [3.63, 3.8) is 0 Å². The highest BCUT2D eigenvalue weighted by Crippen LogP contribution is 2.33. The van der Waals surface area contributed by atoms with Gasteiger partial charge in [0.1, 0.15) is 0 Å². The molecule has 0 bridgehead atoms. The van der Waals surface area contributed by atoms with Crippen molar-refractivity contribution in [2.45, 2.75) is 25.2 Å². The molecule has 1 aromatic heterocycles. The smallest absolute Gasteiger partial charge is 0.308 e. The summed E-state index contributed by atoms with van der Waals surface area (Å²) in [5.41, 5.74) is 1.01. The topological polar surface area (TPSA) is 15.3 Å². The van der Waals surface area contributed by atoms with Crippen molar-refractivity contribution in [1.29, 1.82) is 0 Å². The van der Waals surface area contributed by atoms with Gasteiger partial charge in [0, 0.05) is 46.0 Å². The molecule has 1 fully saturated rings. The molecule has 1 aliphatic heterocycles. The zero-order valence-electron chi connectivity index (χ0n) is 12.9. The van der Waals surface area contributed by atoms with Crippen LogP contribution in [0.15, 0.2) is 36.4 Å². The summed E-state index contributed by atoms with van der Waals surface area (Å²) >= 11 is 7.86. The Morgan fingerprint density at radius 2 is 2.00 bits per heavy atom. The number of rotatable bonds is 5. The first-order chi connectivity index (χ1) is 11.4. The summed E-state index contributed by atoms with van der Waals surface area (Å²) in [4.78, 5) is 3.71. The highest BCUT2D eigenvalue weighted by Gasteiger charge is 2.34. The second kappa shape index (κ2) is 7.44. The fourth-order valence-electron chi connectivity index (χ4n) is 2.92. The summed E-state index contributed by atoms with van der Waals surface area (Å²) in [6.45, 7) is 0.787. The predicted octanol–water partition coefficient (Wildman–Crippen LogP) is 4.79. The Morgan fingerprint density at radius 1 is 1.21 bits per heavy atom. The molecule has 1 unspecified atom stereocenters. The van der Waals surface area contributed by atoms with E-state index in [1.807, 2.05) is 36.4 Å². The standard InChI is InChI=1S/C17H18ClF3N2S/c18-15-4-2-1-3-14(15)16-6-5-13(24-16)9-22-12-7-8-23(10-12)11-17(19,20)21/h1-6,12,22H,7-11H2. The predicted molar refractivity (Wildman–Crippen MR) is 92.5 cm³/mol. The molecule has 130 valence electrons. The lowest BCUT2D eigenvalue weighted by Gasteiger charge is -2.18. The van der Waals surface area contributed by atoms with Crippen molar-refractivity contribution < 1.29 is 13.2 Å². The highest BCUT2D eigenvalue weighted by atomic mass is 35.5. The lowest BCUT2D eigenvalue weighted by Crippen LogP contribution is -2.36. The van der Waals surface area contributed by atoms with Crippen LogP contribution in [-0.2, 0) is 6.54 Å². The Hall–Kier alpha value is -1.08. The molecule has 0 spiro atoms. The van der Waals surface area contributed by atoms with Gasteiger partial charge >= 0.3 is 6.18 Å². The summed E-state index contributed by atoms with van der Waals surface area (Å²) in [5.74, 6) is 0. The molecule has 24 heavy (non-hydrogen) atoms. The van der Waals surface area contributed by atoms with Crippen LogP contribution >= 0.6 is 22.9 Å². The maximum Gasteiger partial charge on any atom is 0.401 e. The van der Waals surface area contributed by atoms with E-state index >= 15 is 0 Å². The number of benzene rings is 1. The van der Waals surface area contributed by atoms with E-state index in [1.165, 1.54) is 4.90 Å². The maximum atomic E-state index is 12.4. The molecule has 7 heteroatoms. The summed E-state index contributed by atoms with van der Waals surface area (Å²) < 4.78 is 37.2. The maximum absolute atomic E-state index is 12.4. The van der Waals surface area contributed by atoms with Crippen molar-refractivity contribution in [3.8, 4) is 10.4 Å². The number of likely N-dealkylation sites (tertiary alicyclic amines) is 1. The van der Waals surface area contributed by atoms with Gasteiger partial charge in [0.25, 0.3) is 0 Å². The van der Waals surface area contributed by atoms with Gasteiger partial charge in [-0.25, -0.2) is 0 Å². The molecule has 0 saturated carbocycles. The van der Waals surface area contributed by atoms with Crippen molar-refractivity contribution in [2.24, 2.45) is 0 Å². The Labute approximate surface area is 148 Å². The number of hydrogen-bond donors (Lipinski definition) is 1. The van der Waals surface area contributed by atoms with Crippen LogP contribution in [0.5, 0.6) is 0 Å². The molecule has 1 N–H and O–H groups in total. The van der Waals surface area contributed by atoms with Gasteiger partial charge in [0.2, 0.25) is 0 Å². The Balaban J connectivity index is 1.53. The first-order valence-corrected chi connectivity index (χ1v) is 8.96. The van der Waals surface area contributed by atoms with Gasteiger partial charge in [0.15, 0.2) is 0 Å². The molecule has 1 saturated heterocycles. The van der Waals surface area contributed by atoms with E-state index in [1.54, 1.807) is 11.3 Å². The Kier molecular flexibility index (Phi) is 5.49. The number of halogens is 4. The van der Waals surface area contributed by atoms with Crippen molar-refractivity contribution in [3.05, 3.63) is 46.3 Å². The van der Waals surface area contributed by atoms with E-state index in [4.69, 9.17) is 11.6 Å². The molecule has 0 aliphatic carbocycles. The van der Waals surface area contributed by atoms with E-state index < -0.39 is 12.7 Å². The third-order valence-corrected chi connectivity index (χ3v) is 5.49. The highest BCUT2D eigenvalue weighted by molar-refractivity contribution is 7.15. The van der Waals surface area contributed by atoms with E-state index in [-0.39, 0.29) is 6.04 Å². The first-order valence-electron chi connectivity index (χ1n) is 7.77. The minimum Gasteiger partial charge on any atom is -0.308 e. The third kappa shape index (κ3) is 4.72. The Morgan fingerprint density at radius 3 is 2.75 bits per heavy atom. The average molecular weight is 375 g/mol. The zero-order valence-corrected chi connectivity index (χ0v) is 14.5. The molecule has 2 heterocycles. The quantitative estimate of drug-likeness (QED) is 0.809. The van der Waals surface area contributed by atoms with Gasteiger partial charge in [0.05, 0.1) is 6.54 Å². The van der Waals surface area contributed by atoms with Crippen LogP contribution < -0.4 is 5.32 Å². The molecule has 3 rings (SSSR count). The Bertz CT molecular complexity index is 686. The molecular weight excluding hydrogens is 357 g/mol. The fraction of sp³-hybridized carbons (Fsp3) is 0.412. The van der Waals surface area contributed by atoms with E-state index in [0.717, 1.165) is 26.8 Å². The molecule has 1 aliphatic rings. The van der Waals surface area contributed by atoms with E-state index in [0.29, 0.717) is 19.6 Å². The van der Waals surface area contributed by atoms with Crippen molar-refractivity contribution in [1.82, 2.24) is 10.2 Å². The first kappa shape index (κ1) is 17.7. The monoisotopic (exact) mass is 374 g/mol. The molecular formula is C17H18ClF3N2S. The van der Waals surface area contributed by atoms with Crippen LogP contribution in [-0.4, -0.2) is 36.8 Å². The van der Waals surface area contributed by atoms with Gasteiger partial charge in [-0.1, -0.05) is 29.8 Å². The molecule has 1 atom stereocenters. The number of nitrogens with zero attached hydrogens (tertiary/aromatic N) is 1. The van der Waals surface area contributed by atoms with Crippen LogP contribution in [0.3, 0.4) is 0 Å². The molecule has 2 aromatic rings. The number of hydrogen-bond acceptors (Lipinski definition) is 3. The lowest BCUT2D eigenvalue weighted by atomic mass is 10.2. The lowest BCUT2D eigenvalue weighted by molar-refractivity contribution is -0.143. The fourth-order valence-corrected chi connectivity index (χ4v) is 4.21. The average Bonchev–Trinajstić information content (AvgIpc) is 3.13. The summed E-state index contributed by atoms with van der Waals surface area (Å²) in [6, 6.07) is 11.9. The second-order valence-electron chi connectivity index (χ2n) is 5.96. The van der Waals surface area contributed by atoms with Gasteiger partial charge < -0.3 is 5.32 Å². The van der Waals surface area contributed by atoms with Crippen LogP contribution in [0.25, 0.3) is 10.4 Å². The van der Waals surface area contributed by atoms with E-state index in [2.05, 4.69) is 5.32 Å². The third-order valence-electron chi connectivity index (χ3n) is 4.04. The van der Waals surface area contributed by atoms with Gasteiger partial charge in [-0.05, 0) is 24.6 Å². The molecule has 0 amide bonds. The van der Waals surface area contributed by atoms with Gasteiger partial charge in [-0.2, -0.15) is 13.2 Å². The van der Waals surface area contributed by atoms with Gasteiger partial charge in [-0.15, -0.1) is 11.3 Å². The molecule has 2 nitrogen and oxygen atoms in total. The summed E-state index contributed by atoms with van der Waals surface area (Å²) in [7, 11) is 0. The van der Waals surface area contributed by atoms with Crippen LogP contribution in [0.4, 0.5) is 13.2 Å². The van der Waals surface area contributed by atoms with Crippen molar-refractivity contribution >= 4 is 22.9 Å². The number of alkyl halides is 3. The van der Waals surface area contributed by atoms with Crippen LogP contribution in [0.1, 0.15) is 11.3 Å². The zero-order chi connectivity index (χ0) is 17.2. The molecule has 0 radical (unpaired) electrons. The van der Waals surface area contributed by atoms with Crippen LogP contribution in [0.2, 0.25) is 5.02 Å². The summed E-state index contributed by atoms with van der Waals surface area (Å²) in [5, 5.41) is 4.08. The van der Waals surface area contributed by atoms with E-state index in [9.17, 15) is 13.2 Å². The number of nitrogens with one attached hydrogen (secondary N) is 1. The summed E-state index contributed by atoms with van der Waals surface area (Å²) in [6.07, 6.45) is -3.37. The van der Waals surface area contributed by atoms with Crippen LogP contribution in [0, 0.1) is 0 Å². The second-order valence-corrected chi connectivity index (χ2v) is 7.54. The number of thiophene rings is 1. The largest absolute Gasteiger partial charge is 0.401 e. The minimum absolute atomic E-state index is 0.109. The SMILES string of the molecule is FC(F)(F)CN1CCC(NCc2ccc(-c3ccccc3Cl)s2)C1. The van der Waals surface area contributed by atoms with Crippen molar-refractivity contribution in [2.75, 3.05) is 19.6 Å². The van der Waals surface area contributed by atoms with Gasteiger partial charge in [-0.3, -0.25) is 4.90 Å². The molecule has 1 aromatic carbocycles. The minimum atomic E-state index is -4.12.